The van der Waals surface area contributed by atoms with Crippen LogP contribution in [0.25, 0.3) is 0 Å². The molecular formula is C16H16ClN3O4. The fourth-order valence-corrected chi connectivity index (χ4v) is 2.77. The Bertz CT molecular complexity index is 761. The number of carboxylic acids is 1. The first-order chi connectivity index (χ1) is 11.6. The summed E-state index contributed by atoms with van der Waals surface area (Å²) in [5.74, 6) is -1.44. The van der Waals surface area contributed by atoms with Gasteiger partial charge in [-0.2, -0.15) is 5.10 Å². The van der Waals surface area contributed by atoms with Crippen molar-refractivity contribution in [3.63, 3.8) is 0 Å². The summed E-state index contributed by atoms with van der Waals surface area (Å²) in [6, 6.07) is 6.42. The highest BCUT2D eigenvalue weighted by Gasteiger charge is 2.33. The van der Waals surface area contributed by atoms with Crippen LogP contribution in [0.15, 0.2) is 36.7 Å². The van der Waals surface area contributed by atoms with Gasteiger partial charge in [-0.05, 0) is 11.6 Å². The van der Waals surface area contributed by atoms with Gasteiger partial charge < -0.3 is 14.7 Å². The average molecular weight is 350 g/mol. The number of rotatable bonds is 4. The number of hydrogen-bond acceptors (Lipinski definition) is 4. The summed E-state index contributed by atoms with van der Waals surface area (Å²) in [4.78, 5) is 25.2. The predicted octanol–water partition coefficient (Wildman–Crippen LogP) is 1.51. The SMILES string of the molecule is O=C(O)[C@H]1COCCN1C(=O)c1cnn(Cc2ccccc2Cl)c1. The van der Waals surface area contributed by atoms with Crippen LogP contribution in [0, 0.1) is 0 Å². The third-order valence-electron chi connectivity index (χ3n) is 3.84. The number of halogens is 1. The number of carbonyl (C=O) groups is 2. The molecule has 0 aliphatic carbocycles. The molecule has 1 saturated heterocycles. The molecule has 2 aromatic rings. The maximum Gasteiger partial charge on any atom is 0.328 e. The van der Waals surface area contributed by atoms with E-state index in [0.29, 0.717) is 23.7 Å². The molecule has 1 N–H and O–H groups in total. The van der Waals surface area contributed by atoms with E-state index < -0.39 is 12.0 Å². The molecule has 0 saturated carbocycles. The second kappa shape index (κ2) is 7.02. The molecule has 0 bridgehead atoms. The summed E-state index contributed by atoms with van der Waals surface area (Å²) in [7, 11) is 0. The molecule has 3 rings (SSSR count). The molecule has 0 radical (unpaired) electrons. The minimum atomic E-state index is -1.08. The normalized spacial score (nSPS) is 17.7. The van der Waals surface area contributed by atoms with E-state index in [2.05, 4.69) is 5.10 Å². The number of carboxylic acid groups (broad SMARTS) is 1. The summed E-state index contributed by atoms with van der Waals surface area (Å²) in [6.45, 7) is 0.988. The number of nitrogens with zero attached hydrogens (tertiary/aromatic N) is 3. The van der Waals surface area contributed by atoms with Gasteiger partial charge in [0, 0.05) is 17.8 Å². The smallest absolute Gasteiger partial charge is 0.328 e. The van der Waals surface area contributed by atoms with E-state index in [1.165, 1.54) is 11.1 Å². The van der Waals surface area contributed by atoms with Gasteiger partial charge in [0.15, 0.2) is 6.04 Å². The minimum Gasteiger partial charge on any atom is -0.480 e. The minimum absolute atomic E-state index is 0.00513. The van der Waals surface area contributed by atoms with Crippen LogP contribution in [-0.2, 0) is 16.1 Å². The van der Waals surface area contributed by atoms with Crippen molar-refractivity contribution in [2.75, 3.05) is 19.8 Å². The lowest BCUT2D eigenvalue weighted by atomic mass is 10.2. The number of aromatic nitrogens is 2. The number of carbonyl (C=O) groups excluding carboxylic acids is 1. The second-order valence-corrected chi connectivity index (χ2v) is 5.85. The van der Waals surface area contributed by atoms with Crippen LogP contribution >= 0.6 is 11.6 Å². The van der Waals surface area contributed by atoms with Gasteiger partial charge >= 0.3 is 5.97 Å². The Labute approximate surface area is 143 Å². The van der Waals surface area contributed by atoms with Gasteiger partial charge in [0.2, 0.25) is 0 Å². The van der Waals surface area contributed by atoms with Gasteiger partial charge in [-0.15, -0.1) is 0 Å². The van der Waals surface area contributed by atoms with Crippen LogP contribution in [0.2, 0.25) is 5.02 Å². The lowest BCUT2D eigenvalue weighted by Gasteiger charge is -2.32. The van der Waals surface area contributed by atoms with E-state index in [1.807, 2.05) is 18.2 Å². The summed E-state index contributed by atoms with van der Waals surface area (Å²) in [6.07, 6.45) is 3.04. The van der Waals surface area contributed by atoms with Crippen molar-refractivity contribution in [2.24, 2.45) is 0 Å². The molecule has 126 valence electrons. The molecule has 1 atom stereocenters. The Morgan fingerprint density at radius 3 is 2.92 bits per heavy atom. The van der Waals surface area contributed by atoms with Crippen molar-refractivity contribution >= 4 is 23.5 Å². The van der Waals surface area contributed by atoms with E-state index >= 15 is 0 Å². The van der Waals surface area contributed by atoms with Gasteiger partial charge in [-0.1, -0.05) is 29.8 Å². The van der Waals surface area contributed by atoms with Gasteiger partial charge in [0.1, 0.15) is 0 Å². The predicted molar refractivity (Wildman–Crippen MR) is 86.1 cm³/mol. The van der Waals surface area contributed by atoms with Crippen LogP contribution in [0.1, 0.15) is 15.9 Å². The largest absolute Gasteiger partial charge is 0.480 e. The Balaban J connectivity index is 1.76. The number of benzene rings is 1. The molecule has 1 aromatic carbocycles. The second-order valence-electron chi connectivity index (χ2n) is 5.45. The zero-order valence-electron chi connectivity index (χ0n) is 12.8. The monoisotopic (exact) mass is 349 g/mol. The molecule has 2 heterocycles. The summed E-state index contributed by atoms with van der Waals surface area (Å²) in [5, 5.41) is 14.0. The summed E-state index contributed by atoms with van der Waals surface area (Å²) >= 11 is 6.12. The Morgan fingerprint density at radius 2 is 2.17 bits per heavy atom. The van der Waals surface area contributed by atoms with E-state index in [1.54, 1.807) is 16.9 Å². The van der Waals surface area contributed by atoms with Gasteiger partial charge in [0.05, 0.1) is 31.5 Å². The zero-order chi connectivity index (χ0) is 17.1. The molecule has 0 unspecified atom stereocenters. The van der Waals surface area contributed by atoms with Gasteiger partial charge in [-0.25, -0.2) is 4.79 Å². The zero-order valence-corrected chi connectivity index (χ0v) is 13.5. The number of hydrogen-bond donors (Lipinski definition) is 1. The first-order valence-corrected chi connectivity index (χ1v) is 7.81. The van der Waals surface area contributed by atoms with Crippen LogP contribution in [-0.4, -0.2) is 57.5 Å². The number of aliphatic carboxylic acids is 1. The van der Waals surface area contributed by atoms with Gasteiger partial charge in [0.25, 0.3) is 5.91 Å². The third kappa shape index (κ3) is 3.42. The van der Waals surface area contributed by atoms with E-state index in [0.717, 1.165) is 5.56 Å². The van der Waals surface area contributed by atoms with E-state index in [-0.39, 0.29) is 19.1 Å². The van der Waals surface area contributed by atoms with Crippen molar-refractivity contribution < 1.29 is 19.4 Å². The highest BCUT2D eigenvalue weighted by molar-refractivity contribution is 6.31. The average Bonchev–Trinajstić information content (AvgIpc) is 3.05. The summed E-state index contributed by atoms with van der Waals surface area (Å²) in [5.41, 5.74) is 1.23. The molecule has 8 heteroatoms. The van der Waals surface area contributed by atoms with Crippen molar-refractivity contribution in [1.29, 1.82) is 0 Å². The number of morpholine rings is 1. The molecule has 0 spiro atoms. The fourth-order valence-electron chi connectivity index (χ4n) is 2.58. The standard InChI is InChI=1S/C16H16ClN3O4/c17-13-4-2-1-3-11(13)8-19-9-12(7-18-19)15(21)20-5-6-24-10-14(20)16(22)23/h1-4,7,9,14H,5-6,8,10H2,(H,22,23)/t14-/m1/s1. The Hall–Kier alpha value is -2.38. The number of ether oxygens (including phenoxy) is 1. The van der Waals surface area contributed by atoms with Gasteiger partial charge in [-0.3, -0.25) is 9.48 Å². The molecule has 1 fully saturated rings. The van der Waals surface area contributed by atoms with Crippen LogP contribution in [0.5, 0.6) is 0 Å². The van der Waals surface area contributed by atoms with Crippen molar-refractivity contribution in [3.8, 4) is 0 Å². The third-order valence-corrected chi connectivity index (χ3v) is 4.21. The molecule has 24 heavy (non-hydrogen) atoms. The number of amides is 1. The lowest BCUT2D eigenvalue weighted by Crippen LogP contribution is -2.52. The van der Waals surface area contributed by atoms with Crippen LogP contribution in [0.3, 0.4) is 0 Å². The fraction of sp³-hybridized carbons (Fsp3) is 0.312. The first kappa shape index (κ1) is 16.5. The quantitative estimate of drug-likeness (QED) is 0.904. The maximum absolute atomic E-state index is 12.6. The Morgan fingerprint density at radius 1 is 1.38 bits per heavy atom. The van der Waals surface area contributed by atoms with Crippen LogP contribution in [0.4, 0.5) is 0 Å². The highest BCUT2D eigenvalue weighted by atomic mass is 35.5. The molecule has 7 nitrogen and oxygen atoms in total. The van der Waals surface area contributed by atoms with Crippen molar-refractivity contribution in [2.45, 2.75) is 12.6 Å². The lowest BCUT2D eigenvalue weighted by molar-refractivity contribution is -0.147. The maximum atomic E-state index is 12.6. The van der Waals surface area contributed by atoms with Crippen LogP contribution < -0.4 is 0 Å². The van der Waals surface area contributed by atoms with E-state index in [4.69, 9.17) is 16.3 Å². The Kier molecular flexibility index (Phi) is 4.82. The highest BCUT2D eigenvalue weighted by Crippen LogP contribution is 2.17. The topological polar surface area (TPSA) is 84.7 Å². The molecule has 1 amide bonds. The van der Waals surface area contributed by atoms with Crippen molar-refractivity contribution in [1.82, 2.24) is 14.7 Å². The molecule has 1 aliphatic rings. The molecular weight excluding hydrogens is 334 g/mol. The van der Waals surface area contributed by atoms with E-state index in [9.17, 15) is 14.7 Å². The summed E-state index contributed by atoms with van der Waals surface area (Å²) < 4.78 is 6.75. The molecule has 1 aromatic heterocycles. The molecule has 1 aliphatic heterocycles. The first-order valence-electron chi connectivity index (χ1n) is 7.43. The van der Waals surface area contributed by atoms with Crippen molar-refractivity contribution in [3.05, 3.63) is 52.8 Å².